The molecule has 4 rings (SSSR count). The average Bonchev–Trinajstić information content (AvgIpc) is 2.93. The van der Waals surface area contributed by atoms with Crippen molar-refractivity contribution in [3.63, 3.8) is 0 Å². The van der Waals surface area contributed by atoms with Crippen molar-refractivity contribution >= 4 is 17.4 Å². The van der Waals surface area contributed by atoms with E-state index in [0.717, 1.165) is 54.7 Å². The van der Waals surface area contributed by atoms with Gasteiger partial charge in [-0.05, 0) is 43.2 Å². The molecule has 8 nitrogen and oxygen atoms in total. The fourth-order valence-corrected chi connectivity index (χ4v) is 3.48. The monoisotopic (exact) mass is 380 g/mol. The second-order valence-corrected chi connectivity index (χ2v) is 6.95. The Balaban J connectivity index is 1.40. The Kier molecular flexibility index (Phi) is 5.10. The molecule has 8 heteroatoms. The summed E-state index contributed by atoms with van der Waals surface area (Å²) in [6, 6.07) is 11.6. The molecular weight excluding hydrogens is 356 g/mol. The third-order valence-electron chi connectivity index (χ3n) is 5.09. The highest BCUT2D eigenvalue weighted by atomic mass is 16.5. The van der Waals surface area contributed by atoms with Gasteiger partial charge in [-0.25, -0.2) is 0 Å². The van der Waals surface area contributed by atoms with E-state index in [1.165, 1.54) is 0 Å². The summed E-state index contributed by atoms with van der Waals surface area (Å²) in [5.74, 6) is 2.61. The zero-order chi connectivity index (χ0) is 19.5. The lowest BCUT2D eigenvalue weighted by molar-refractivity contribution is -0.130. The molecule has 1 aliphatic rings. The van der Waals surface area contributed by atoms with Gasteiger partial charge < -0.3 is 14.5 Å². The van der Waals surface area contributed by atoms with Gasteiger partial charge in [0.15, 0.2) is 11.5 Å². The first-order valence-corrected chi connectivity index (χ1v) is 9.49. The molecule has 1 fully saturated rings. The molecule has 0 spiro atoms. The van der Waals surface area contributed by atoms with E-state index in [1.807, 2.05) is 48.2 Å². The molecule has 146 valence electrons. The predicted octanol–water partition coefficient (Wildman–Crippen LogP) is 1.72. The topological polar surface area (TPSA) is 75.9 Å². The zero-order valence-electron chi connectivity index (χ0n) is 16.2. The van der Waals surface area contributed by atoms with Gasteiger partial charge in [0.05, 0.1) is 13.5 Å². The van der Waals surface area contributed by atoms with Crippen LogP contribution in [0.5, 0.6) is 5.75 Å². The summed E-state index contributed by atoms with van der Waals surface area (Å²) in [7, 11) is 1.64. The highest BCUT2D eigenvalue weighted by Crippen LogP contribution is 2.16. The molecular formula is C20H24N6O2. The van der Waals surface area contributed by atoms with E-state index in [1.54, 1.807) is 11.6 Å². The number of hydrogen-bond acceptors (Lipinski definition) is 6. The number of anilines is 1. The van der Waals surface area contributed by atoms with Gasteiger partial charge in [0.25, 0.3) is 0 Å². The van der Waals surface area contributed by atoms with Crippen LogP contribution in [0.1, 0.15) is 17.8 Å². The highest BCUT2D eigenvalue weighted by molar-refractivity contribution is 5.79. The number of carbonyl (C=O) groups excluding carboxylic acids is 1. The number of fused-ring (bicyclic) bond motifs is 1. The Morgan fingerprint density at radius 2 is 1.86 bits per heavy atom. The summed E-state index contributed by atoms with van der Waals surface area (Å²) in [4.78, 5) is 16.9. The Bertz CT molecular complexity index is 968. The molecule has 1 aromatic carbocycles. The van der Waals surface area contributed by atoms with Gasteiger partial charge in [-0.15, -0.1) is 15.3 Å². The minimum absolute atomic E-state index is 0.157. The summed E-state index contributed by atoms with van der Waals surface area (Å²) in [6.45, 7) is 4.97. The largest absolute Gasteiger partial charge is 0.497 e. The summed E-state index contributed by atoms with van der Waals surface area (Å²) >= 11 is 0. The van der Waals surface area contributed by atoms with Crippen molar-refractivity contribution in [1.82, 2.24) is 24.7 Å². The molecule has 0 N–H and O–H groups in total. The second-order valence-electron chi connectivity index (χ2n) is 6.95. The van der Waals surface area contributed by atoms with E-state index in [4.69, 9.17) is 4.74 Å². The maximum atomic E-state index is 12.7. The Labute approximate surface area is 163 Å². The SMILES string of the molecule is COc1ccc(CC(=O)N2CCCN(c3ccc4nnc(C)n4n3)CC2)cc1. The molecule has 0 unspecified atom stereocenters. The lowest BCUT2D eigenvalue weighted by Gasteiger charge is -2.23. The van der Waals surface area contributed by atoms with Crippen molar-refractivity contribution in [3.05, 3.63) is 47.8 Å². The molecule has 1 amide bonds. The zero-order valence-corrected chi connectivity index (χ0v) is 16.2. The molecule has 28 heavy (non-hydrogen) atoms. The van der Waals surface area contributed by atoms with Crippen LogP contribution in [0.3, 0.4) is 0 Å². The van der Waals surface area contributed by atoms with Crippen LogP contribution >= 0.6 is 0 Å². The summed E-state index contributed by atoms with van der Waals surface area (Å²) < 4.78 is 6.93. The van der Waals surface area contributed by atoms with E-state index in [2.05, 4.69) is 20.2 Å². The number of ether oxygens (including phenoxy) is 1. The lowest BCUT2D eigenvalue weighted by atomic mass is 10.1. The van der Waals surface area contributed by atoms with Gasteiger partial charge in [0, 0.05) is 26.2 Å². The van der Waals surface area contributed by atoms with Crippen LogP contribution in [0.15, 0.2) is 36.4 Å². The maximum Gasteiger partial charge on any atom is 0.227 e. The number of benzene rings is 1. The Morgan fingerprint density at radius 3 is 2.64 bits per heavy atom. The van der Waals surface area contributed by atoms with Crippen molar-refractivity contribution in [1.29, 1.82) is 0 Å². The van der Waals surface area contributed by atoms with Crippen molar-refractivity contribution < 1.29 is 9.53 Å². The number of methoxy groups -OCH3 is 1. The normalized spacial score (nSPS) is 14.9. The number of aromatic nitrogens is 4. The molecule has 0 radical (unpaired) electrons. The fourth-order valence-electron chi connectivity index (χ4n) is 3.48. The molecule has 1 aliphatic heterocycles. The molecule has 0 atom stereocenters. The third kappa shape index (κ3) is 3.76. The van der Waals surface area contributed by atoms with Gasteiger partial charge >= 0.3 is 0 Å². The van der Waals surface area contributed by atoms with Gasteiger partial charge in [0.2, 0.25) is 5.91 Å². The number of rotatable bonds is 4. The number of nitrogens with zero attached hydrogens (tertiary/aromatic N) is 6. The predicted molar refractivity (Wildman–Crippen MR) is 106 cm³/mol. The second kappa shape index (κ2) is 7.84. The highest BCUT2D eigenvalue weighted by Gasteiger charge is 2.20. The third-order valence-corrected chi connectivity index (χ3v) is 5.09. The summed E-state index contributed by atoms with van der Waals surface area (Å²) in [5, 5.41) is 12.8. The first-order valence-electron chi connectivity index (χ1n) is 9.49. The van der Waals surface area contributed by atoms with Crippen molar-refractivity contribution in [2.45, 2.75) is 19.8 Å². The minimum Gasteiger partial charge on any atom is -0.497 e. The van der Waals surface area contributed by atoms with Crippen LogP contribution in [0, 0.1) is 6.92 Å². The Morgan fingerprint density at radius 1 is 1.04 bits per heavy atom. The minimum atomic E-state index is 0.157. The van der Waals surface area contributed by atoms with Crippen molar-refractivity contribution in [2.24, 2.45) is 0 Å². The number of carbonyl (C=O) groups is 1. The van der Waals surface area contributed by atoms with E-state index in [0.29, 0.717) is 13.0 Å². The summed E-state index contributed by atoms with van der Waals surface area (Å²) in [6.07, 6.45) is 1.32. The van der Waals surface area contributed by atoms with Crippen molar-refractivity contribution in [3.8, 4) is 5.75 Å². The molecule has 1 saturated heterocycles. The van der Waals surface area contributed by atoms with Crippen LogP contribution in [-0.2, 0) is 11.2 Å². The van der Waals surface area contributed by atoms with E-state index >= 15 is 0 Å². The first-order chi connectivity index (χ1) is 13.6. The van der Waals surface area contributed by atoms with Crippen LogP contribution in [0.2, 0.25) is 0 Å². The van der Waals surface area contributed by atoms with E-state index < -0.39 is 0 Å². The van der Waals surface area contributed by atoms with Crippen LogP contribution in [0.25, 0.3) is 5.65 Å². The van der Waals surface area contributed by atoms with Gasteiger partial charge in [-0.2, -0.15) is 4.52 Å². The smallest absolute Gasteiger partial charge is 0.227 e. The number of amides is 1. The van der Waals surface area contributed by atoms with Gasteiger partial charge in [0.1, 0.15) is 11.6 Å². The number of aryl methyl sites for hydroxylation is 1. The molecule has 3 aromatic rings. The molecule has 0 saturated carbocycles. The van der Waals surface area contributed by atoms with Crippen LogP contribution in [-0.4, -0.2) is 63.9 Å². The van der Waals surface area contributed by atoms with Crippen LogP contribution in [0.4, 0.5) is 5.82 Å². The average molecular weight is 380 g/mol. The lowest BCUT2D eigenvalue weighted by Crippen LogP contribution is -2.36. The molecule has 0 aliphatic carbocycles. The van der Waals surface area contributed by atoms with E-state index in [9.17, 15) is 4.79 Å². The molecule has 2 aromatic heterocycles. The van der Waals surface area contributed by atoms with Gasteiger partial charge in [-0.1, -0.05) is 12.1 Å². The standard InChI is InChI=1S/C20H24N6O2/c1-15-21-22-18-8-9-19(23-26(15)18)24-10-3-11-25(13-12-24)20(27)14-16-4-6-17(28-2)7-5-16/h4-9H,3,10-14H2,1-2H3. The number of hydrogen-bond donors (Lipinski definition) is 0. The first kappa shape index (κ1) is 18.2. The maximum absolute atomic E-state index is 12.7. The van der Waals surface area contributed by atoms with Crippen LogP contribution < -0.4 is 9.64 Å². The summed E-state index contributed by atoms with van der Waals surface area (Å²) in [5.41, 5.74) is 1.74. The fraction of sp³-hybridized carbons (Fsp3) is 0.400. The van der Waals surface area contributed by atoms with E-state index in [-0.39, 0.29) is 5.91 Å². The van der Waals surface area contributed by atoms with Crippen molar-refractivity contribution in [2.75, 3.05) is 38.2 Å². The Hall–Kier alpha value is -3.16. The quantitative estimate of drug-likeness (QED) is 0.686. The molecule has 3 heterocycles. The molecule has 0 bridgehead atoms. The van der Waals surface area contributed by atoms with Gasteiger partial charge in [-0.3, -0.25) is 4.79 Å².